The van der Waals surface area contributed by atoms with Crippen molar-refractivity contribution in [2.45, 2.75) is 13.1 Å². The Balaban J connectivity index is 2.31. The summed E-state index contributed by atoms with van der Waals surface area (Å²) in [6.07, 6.45) is -4.41. The molecule has 4 nitrogen and oxygen atoms in total. The molecule has 0 saturated carbocycles. The van der Waals surface area contributed by atoms with Crippen LogP contribution in [0, 0.1) is 18.3 Å². The Kier molecular flexibility index (Phi) is 3.57. The maximum absolute atomic E-state index is 12.6. The van der Waals surface area contributed by atoms with Gasteiger partial charge in [0, 0.05) is 11.4 Å². The molecular weight excluding hydrogens is 269 g/mol. The molecule has 7 heteroatoms. The molecular formula is C13H9F3N4. The number of hydrogen-bond donors (Lipinski definition) is 1. The summed E-state index contributed by atoms with van der Waals surface area (Å²) in [5, 5.41) is 11.4. The predicted octanol–water partition coefficient (Wildman–Crippen LogP) is 3.42. The third-order valence-electron chi connectivity index (χ3n) is 2.41. The number of benzene rings is 1. The fraction of sp³-hybridized carbons (Fsp3) is 0.154. The predicted molar refractivity (Wildman–Crippen MR) is 66.2 cm³/mol. The average Bonchev–Trinajstić information content (AvgIpc) is 2.37. The molecule has 0 atom stereocenters. The van der Waals surface area contributed by atoms with E-state index >= 15 is 0 Å². The van der Waals surface area contributed by atoms with E-state index in [9.17, 15) is 13.2 Å². The molecule has 102 valence electrons. The van der Waals surface area contributed by atoms with Gasteiger partial charge in [0.25, 0.3) is 0 Å². The minimum Gasteiger partial charge on any atom is -0.324 e. The van der Waals surface area contributed by atoms with Gasteiger partial charge >= 0.3 is 6.18 Å². The molecule has 0 amide bonds. The molecule has 20 heavy (non-hydrogen) atoms. The Labute approximate surface area is 112 Å². The fourth-order valence-electron chi connectivity index (χ4n) is 1.58. The molecule has 2 rings (SSSR count). The van der Waals surface area contributed by atoms with Crippen molar-refractivity contribution in [3.63, 3.8) is 0 Å². The molecule has 0 radical (unpaired) electrons. The zero-order valence-corrected chi connectivity index (χ0v) is 10.4. The van der Waals surface area contributed by atoms with Crippen molar-refractivity contribution in [3.05, 3.63) is 47.3 Å². The number of nitrogens with one attached hydrogen (secondary N) is 1. The monoisotopic (exact) mass is 278 g/mol. The highest BCUT2D eigenvalue weighted by atomic mass is 19.4. The third kappa shape index (κ3) is 3.23. The van der Waals surface area contributed by atoms with Crippen molar-refractivity contribution in [1.82, 2.24) is 9.97 Å². The van der Waals surface area contributed by atoms with Gasteiger partial charge in [-0.3, -0.25) is 0 Å². The lowest BCUT2D eigenvalue weighted by Gasteiger charge is -2.10. The van der Waals surface area contributed by atoms with Crippen molar-refractivity contribution in [3.8, 4) is 6.07 Å². The Morgan fingerprint density at radius 2 is 1.95 bits per heavy atom. The lowest BCUT2D eigenvalue weighted by Crippen LogP contribution is -2.06. The van der Waals surface area contributed by atoms with Crippen molar-refractivity contribution in [1.29, 1.82) is 5.26 Å². The molecule has 0 unspecified atom stereocenters. The van der Waals surface area contributed by atoms with E-state index in [0.717, 1.165) is 12.1 Å². The van der Waals surface area contributed by atoms with Gasteiger partial charge in [-0.25, -0.2) is 9.97 Å². The van der Waals surface area contributed by atoms with Gasteiger partial charge in [0.15, 0.2) is 0 Å². The van der Waals surface area contributed by atoms with Crippen molar-refractivity contribution >= 4 is 11.6 Å². The molecule has 2 aromatic rings. The molecule has 0 spiro atoms. The largest absolute Gasteiger partial charge is 0.416 e. The zero-order valence-electron chi connectivity index (χ0n) is 10.4. The van der Waals surface area contributed by atoms with Crippen LogP contribution in [0.1, 0.15) is 17.0 Å². The highest BCUT2D eigenvalue weighted by molar-refractivity contribution is 5.55. The Bertz CT molecular complexity index is 674. The Morgan fingerprint density at radius 3 is 2.60 bits per heavy atom. The van der Waals surface area contributed by atoms with Gasteiger partial charge in [0.05, 0.1) is 5.56 Å². The van der Waals surface area contributed by atoms with E-state index in [1.165, 1.54) is 18.2 Å². The highest BCUT2D eigenvalue weighted by Gasteiger charge is 2.30. The van der Waals surface area contributed by atoms with Gasteiger partial charge in [0.2, 0.25) is 5.95 Å². The maximum atomic E-state index is 12.6. The Morgan fingerprint density at radius 1 is 1.20 bits per heavy atom. The second-order valence-corrected chi connectivity index (χ2v) is 4.03. The van der Waals surface area contributed by atoms with Gasteiger partial charge in [-0.15, -0.1) is 0 Å². The zero-order chi connectivity index (χ0) is 14.8. The summed E-state index contributed by atoms with van der Waals surface area (Å²) in [4.78, 5) is 7.89. The topological polar surface area (TPSA) is 61.6 Å². The van der Waals surface area contributed by atoms with Gasteiger partial charge in [-0.2, -0.15) is 18.4 Å². The Hall–Kier alpha value is -2.62. The number of halogens is 3. The summed E-state index contributed by atoms with van der Waals surface area (Å²) in [7, 11) is 0. The van der Waals surface area contributed by atoms with E-state index in [4.69, 9.17) is 5.26 Å². The van der Waals surface area contributed by atoms with E-state index < -0.39 is 11.7 Å². The summed E-state index contributed by atoms with van der Waals surface area (Å²) in [6.45, 7) is 1.67. The first kappa shape index (κ1) is 13.8. The van der Waals surface area contributed by atoms with E-state index in [1.54, 1.807) is 6.92 Å². The standard InChI is InChI=1S/C13H9F3N4/c1-8-5-11(7-17)20-12(18-8)19-10-4-2-3-9(6-10)13(14,15)16/h2-6H,1H3,(H,18,19,20). The third-order valence-corrected chi connectivity index (χ3v) is 2.41. The molecule has 1 heterocycles. The van der Waals surface area contributed by atoms with Crippen LogP contribution in [0.3, 0.4) is 0 Å². The van der Waals surface area contributed by atoms with Crippen molar-refractivity contribution < 1.29 is 13.2 Å². The average molecular weight is 278 g/mol. The summed E-state index contributed by atoms with van der Waals surface area (Å²) < 4.78 is 37.8. The van der Waals surface area contributed by atoms with Crippen LogP contribution in [0.25, 0.3) is 0 Å². The maximum Gasteiger partial charge on any atom is 0.416 e. The van der Waals surface area contributed by atoms with E-state index in [0.29, 0.717) is 5.69 Å². The number of alkyl halides is 3. The second kappa shape index (κ2) is 5.17. The lowest BCUT2D eigenvalue weighted by molar-refractivity contribution is -0.137. The van der Waals surface area contributed by atoms with Crippen LogP contribution in [-0.2, 0) is 6.18 Å². The number of aryl methyl sites for hydroxylation is 1. The van der Waals surface area contributed by atoms with E-state index in [-0.39, 0.29) is 17.3 Å². The molecule has 0 aliphatic heterocycles. The molecule has 0 aliphatic carbocycles. The van der Waals surface area contributed by atoms with Crippen molar-refractivity contribution in [2.24, 2.45) is 0 Å². The number of anilines is 2. The lowest BCUT2D eigenvalue weighted by atomic mass is 10.2. The number of aromatic nitrogens is 2. The summed E-state index contributed by atoms with van der Waals surface area (Å²) in [5.41, 5.74) is 0.128. The quantitative estimate of drug-likeness (QED) is 0.914. The van der Waals surface area contributed by atoms with Gasteiger partial charge in [-0.1, -0.05) is 6.07 Å². The van der Waals surface area contributed by atoms with Crippen LogP contribution in [0.5, 0.6) is 0 Å². The molecule has 0 fully saturated rings. The van der Waals surface area contributed by atoms with E-state index in [1.807, 2.05) is 6.07 Å². The summed E-state index contributed by atoms with van der Waals surface area (Å²) in [5.74, 6) is 0.0841. The summed E-state index contributed by atoms with van der Waals surface area (Å²) >= 11 is 0. The first-order chi connectivity index (χ1) is 9.38. The second-order valence-electron chi connectivity index (χ2n) is 4.03. The minimum absolute atomic E-state index is 0.0841. The van der Waals surface area contributed by atoms with Crippen LogP contribution in [0.2, 0.25) is 0 Å². The molecule has 0 aliphatic rings. The smallest absolute Gasteiger partial charge is 0.324 e. The van der Waals surface area contributed by atoms with Crippen LogP contribution < -0.4 is 5.32 Å². The van der Waals surface area contributed by atoms with Crippen LogP contribution >= 0.6 is 0 Å². The molecule has 1 aromatic carbocycles. The first-order valence-corrected chi connectivity index (χ1v) is 5.58. The minimum atomic E-state index is -4.41. The molecule has 0 bridgehead atoms. The van der Waals surface area contributed by atoms with E-state index in [2.05, 4.69) is 15.3 Å². The number of nitriles is 1. The van der Waals surface area contributed by atoms with Crippen LogP contribution in [0.15, 0.2) is 30.3 Å². The summed E-state index contributed by atoms with van der Waals surface area (Å²) in [6, 6.07) is 8.02. The molecule has 1 aromatic heterocycles. The normalized spacial score (nSPS) is 10.9. The molecule has 0 saturated heterocycles. The highest BCUT2D eigenvalue weighted by Crippen LogP contribution is 2.31. The van der Waals surface area contributed by atoms with Crippen LogP contribution in [0.4, 0.5) is 24.8 Å². The number of nitrogens with zero attached hydrogens (tertiary/aromatic N) is 3. The number of rotatable bonds is 2. The SMILES string of the molecule is Cc1cc(C#N)nc(Nc2cccc(C(F)(F)F)c2)n1. The van der Waals surface area contributed by atoms with Gasteiger partial charge < -0.3 is 5.32 Å². The van der Waals surface area contributed by atoms with Gasteiger partial charge in [-0.05, 0) is 31.2 Å². The van der Waals surface area contributed by atoms with Crippen LogP contribution in [-0.4, -0.2) is 9.97 Å². The fourth-order valence-corrected chi connectivity index (χ4v) is 1.58. The molecule has 1 N–H and O–H groups in total. The van der Waals surface area contributed by atoms with Gasteiger partial charge in [0.1, 0.15) is 11.8 Å². The number of hydrogen-bond acceptors (Lipinski definition) is 4. The van der Waals surface area contributed by atoms with Crippen molar-refractivity contribution in [2.75, 3.05) is 5.32 Å². The first-order valence-electron chi connectivity index (χ1n) is 5.58.